The van der Waals surface area contributed by atoms with E-state index in [1.807, 2.05) is 26.0 Å². The zero-order valence-corrected chi connectivity index (χ0v) is 17.6. The molecule has 9 heteroatoms. The molecule has 3 heterocycles. The summed E-state index contributed by atoms with van der Waals surface area (Å²) >= 11 is 1.26. The van der Waals surface area contributed by atoms with E-state index < -0.39 is 4.92 Å². The summed E-state index contributed by atoms with van der Waals surface area (Å²) in [5.74, 6) is 1.34. The van der Waals surface area contributed by atoms with E-state index in [4.69, 9.17) is 4.42 Å². The normalized spacial score (nSPS) is 16.5. The molecule has 0 aliphatic carbocycles. The Morgan fingerprint density at radius 2 is 2.03 bits per heavy atom. The predicted octanol–water partition coefficient (Wildman–Crippen LogP) is 5.18. The molecule has 1 aliphatic heterocycles. The van der Waals surface area contributed by atoms with Crippen LogP contribution < -0.4 is 0 Å². The summed E-state index contributed by atoms with van der Waals surface area (Å²) in [7, 11) is 0. The topological polar surface area (TPSA) is 102 Å². The molecule has 1 fully saturated rings. The fourth-order valence-corrected chi connectivity index (χ4v) is 4.08. The quantitative estimate of drug-likeness (QED) is 0.311. The van der Waals surface area contributed by atoms with Crippen LogP contribution in [0.25, 0.3) is 17.4 Å². The van der Waals surface area contributed by atoms with Crippen molar-refractivity contribution in [1.29, 1.82) is 0 Å². The molecule has 4 rings (SSSR count). The van der Waals surface area contributed by atoms with E-state index in [9.17, 15) is 14.9 Å². The van der Waals surface area contributed by atoms with Gasteiger partial charge < -0.3 is 4.42 Å². The highest BCUT2D eigenvalue weighted by atomic mass is 32.2. The number of pyridine rings is 1. The first-order valence-electron chi connectivity index (χ1n) is 9.53. The molecule has 1 aromatic carbocycles. The van der Waals surface area contributed by atoms with E-state index >= 15 is 0 Å². The summed E-state index contributed by atoms with van der Waals surface area (Å²) in [6.45, 7) is 4.24. The number of amidine groups is 1. The van der Waals surface area contributed by atoms with Gasteiger partial charge in [0.15, 0.2) is 11.0 Å². The molecular weight excluding hydrogens is 416 g/mol. The zero-order chi connectivity index (χ0) is 22.0. The third-order valence-corrected chi connectivity index (χ3v) is 5.54. The Morgan fingerprint density at radius 1 is 1.23 bits per heavy atom. The Balaban J connectivity index is 1.61. The summed E-state index contributed by atoms with van der Waals surface area (Å²) in [5.41, 5.74) is 1.42. The van der Waals surface area contributed by atoms with Crippen molar-refractivity contribution in [2.75, 3.05) is 6.54 Å². The van der Waals surface area contributed by atoms with Crippen molar-refractivity contribution in [3.63, 3.8) is 0 Å². The Labute approximate surface area is 182 Å². The van der Waals surface area contributed by atoms with Crippen LogP contribution in [0.15, 0.2) is 68.9 Å². The number of carbonyl (C=O) groups excluding carboxylic acids is 1. The lowest BCUT2D eigenvalue weighted by Crippen LogP contribution is -2.28. The van der Waals surface area contributed by atoms with Crippen LogP contribution in [-0.2, 0) is 4.79 Å². The average Bonchev–Trinajstić information content (AvgIpc) is 3.33. The molecule has 1 amide bonds. The van der Waals surface area contributed by atoms with Gasteiger partial charge in [0.05, 0.1) is 9.83 Å². The number of non-ortho nitro benzene ring substituents is 1. The number of nitro benzene ring substituents is 1. The number of carbonyl (C=O) groups is 1. The number of furan rings is 1. The van der Waals surface area contributed by atoms with Gasteiger partial charge in [0, 0.05) is 36.0 Å². The molecule has 8 nitrogen and oxygen atoms in total. The maximum Gasteiger partial charge on any atom is 0.270 e. The molecule has 0 unspecified atom stereocenters. The number of hydrogen-bond acceptors (Lipinski definition) is 7. The Morgan fingerprint density at radius 3 is 2.77 bits per heavy atom. The van der Waals surface area contributed by atoms with Crippen LogP contribution >= 0.6 is 11.8 Å². The summed E-state index contributed by atoms with van der Waals surface area (Å²) in [4.78, 5) is 34.3. The summed E-state index contributed by atoms with van der Waals surface area (Å²) in [5, 5.41) is 11.6. The molecule has 3 aromatic rings. The smallest absolute Gasteiger partial charge is 0.270 e. The second kappa shape index (κ2) is 8.57. The maximum atomic E-state index is 12.8. The van der Waals surface area contributed by atoms with Gasteiger partial charge in [-0.3, -0.25) is 19.8 Å². The van der Waals surface area contributed by atoms with Gasteiger partial charge in [-0.2, -0.15) is 0 Å². The highest BCUT2D eigenvalue weighted by Gasteiger charge is 2.32. The molecule has 156 valence electrons. The van der Waals surface area contributed by atoms with Crippen LogP contribution in [0, 0.1) is 17.0 Å². The standard InChI is InChI=1S/C22H18N4O4S/c1-3-25-21(27)19(31-22(25)24-20-9-4-6-14(2)23-20)13-17-10-11-18(30-17)15-7-5-8-16(12-15)26(28)29/h4-13H,3H2,1-2H3/b19-13+,24-22+. The van der Waals surface area contributed by atoms with E-state index in [-0.39, 0.29) is 11.6 Å². The minimum Gasteiger partial charge on any atom is -0.457 e. The lowest BCUT2D eigenvalue weighted by Gasteiger charge is -2.11. The van der Waals surface area contributed by atoms with E-state index in [1.54, 1.807) is 41.3 Å². The summed E-state index contributed by atoms with van der Waals surface area (Å²) in [6, 6.07) is 15.2. The van der Waals surface area contributed by atoms with Crippen LogP contribution in [0.3, 0.4) is 0 Å². The number of hydrogen-bond donors (Lipinski definition) is 0. The van der Waals surface area contributed by atoms with Crippen LogP contribution in [0.4, 0.5) is 11.5 Å². The van der Waals surface area contributed by atoms with E-state index in [2.05, 4.69) is 9.98 Å². The number of nitrogens with zero attached hydrogens (tertiary/aromatic N) is 4. The van der Waals surface area contributed by atoms with Gasteiger partial charge in [-0.1, -0.05) is 18.2 Å². The molecular formula is C22H18N4O4S. The Kier molecular flexibility index (Phi) is 5.68. The minimum absolute atomic E-state index is 0.0143. The van der Waals surface area contributed by atoms with Gasteiger partial charge in [0.25, 0.3) is 11.6 Å². The van der Waals surface area contributed by atoms with Crippen molar-refractivity contribution in [2.24, 2.45) is 4.99 Å². The number of likely N-dealkylation sites (N-methyl/N-ethyl adjacent to an activating group) is 1. The van der Waals surface area contributed by atoms with Gasteiger partial charge in [0.2, 0.25) is 0 Å². The summed E-state index contributed by atoms with van der Waals surface area (Å²) < 4.78 is 5.82. The molecule has 0 bridgehead atoms. The Hall–Kier alpha value is -3.72. The molecule has 1 saturated heterocycles. The highest BCUT2D eigenvalue weighted by molar-refractivity contribution is 8.18. The molecule has 0 spiro atoms. The van der Waals surface area contributed by atoms with E-state index in [0.29, 0.717) is 39.5 Å². The monoisotopic (exact) mass is 434 g/mol. The number of benzene rings is 1. The molecule has 0 saturated carbocycles. The van der Waals surface area contributed by atoms with Crippen LogP contribution in [-0.4, -0.2) is 32.4 Å². The van der Waals surface area contributed by atoms with Crippen molar-refractivity contribution in [1.82, 2.24) is 9.88 Å². The van der Waals surface area contributed by atoms with Crippen molar-refractivity contribution in [3.8, 4) is 11.3 Å². The third kappa shape index (κ3) is 4.41. The molecule has 2 aromatic heterocycles. The van der Waals surface area contributed by atoms with Gasteiger partial charge in [-0.15, -0.1) is 0 Å². The van der Waals surface area contributed by atoms with Crippen molar-refractivity contribution >= 4 is 40.4 Å². The number of aromatic nitrogens is 1. The van der Waals surface area contributed by atoms with Crippen LogP contribution in [0.2, 0.25) is 0 Å². The first-order chi connectivity index (χ1) is 14.9. The first kappa shape index (κ1) is 20.5. The first-order valence-corrected chi connectivity index (χ1v) is 10.3. The largest absolute Gasteiger partial charge is 0.457 e. The lowest BCUT2D eigenvalue weighted by molar-refractivity contribution is -0.384. The Bertz CT molecular complexity index is 1230. The molecule has 0 radical (unpaired) electrons. The molecule has 0 atom stereocenters. The van der Waals surface area contributed by atoms with Gasteiger partial charge in [0.1, 0.15) is 11.5 Å². The molecule has 31 heavy (non-hydrogen) atoms. The number of thioether (sulfide) groups is 1. The van der Waals surface area contributed by atoms with Crippen molar-refractivity contribution in [2.45, 2.75) is 13.8 Å². The zero-order valence-electron chi connectivity index (χ0n) is 16.8. The average molecular weight is 434 g/mol. The van der Waals surface area contributed by atoms with Crippen LogP contribution in [0.5, 0.6) is 0 Å². The lowest BCUT2D eigenvalue weighted by atomic mass is 10.1. The molecule has 1 aliphatic rings. The number of rotatable bonds is 5. The fraction of sp³-hybridized carbons (Fsp3) is 0.136. The number of aryl methyl sites for hydroxylation is 1. The van der Waals surface area contributed by atoms with E-state index in [0.717, 1.165) is 5.69 Å². The van der Waals surface area contributed by atoms with Gasteiger partial charge in [-0.25, -0.2) is 9.98 Å². The number of nitro groups is 1. The predicted molar refractivity (Wildman–Crippen MR) is 120 cm³/mol. The van der Waals surface area contributed by atoms with Crippen molar-refractivity contribution < 1.29 is 14.1 Å². The number of amides is 1. The number of aliphatic imine (C=N–C) groups is 1. The maximum absolute atomic E-state index is 12.8. The second-order valence-corrected chi connectivity index (χ2v) is 7.71. The van der Waals surface area contributed by atoms with Crippen molar-refractivity contribution in [3.05, 3.63) is 81.1 Å². The van der Waals surface area contributed by atoms with Crippen LogP contribution in [0.1, 0.15) is 18.4 Å². The third-order valence-electron chi connectivity index (χ3n) is 4.53. The van der Waals surface area contributed by atoms with Gasteiger partial charge in [-0.05, 0) is 49.9 Å². The fourth-order valence-electron chi connectivity index (χ4n) is 3.05. The van der Waals surface area contributed by atoms with E-state index in [1.165, 1.54) is 23.9 Å². The SMILES string of the molecule is CCN1C(=O)/C(=C\c2ccc(-c3cccc([N+](=O)[O-])c3)o2)S/C1=N/c1cccc(C)n1. The summed E-state index contributed by atoms with van der Waals surface area (Å²) in [6.07, 6.45) is 1.66. The molecule has 0 N–H and O–H groups in total. The van der Waals surface area contributed by atoms with Gasteiger partial charge >= 0.3 is 0 Å². The highest BCUT2D eigenvalue weighted by Crippen LogP contribution is 2.35. The second-order valence-electron chi connectivity index (χ2n) is 6.70. The minimum atomic E-state index is -0.452.